The zero-order valence-electron chi connectivity index (χ0n) is 15.3. The number of amides is 1. The van der Waals surface area contributed by atoms with Crippen molar-refractivity contribution in [2.24, 2.45) is 7.05 Å². The molecule has 0 bridgehead atoms. The predicted octanol–water partition coefficient (Wildman–Crippen LogP) is 3.98. The molecule has 26 heavy (non-hydrogen) atoms. The van der Waals surface area contributed by atoms with Crippen molar-refractivity contribution in [2.45, 2.75) is 45.1 Å². The fraction of sp³-hybridized carbons (Fsp3) is 0.450. The molecule has 0 saturated heterocycles. The highest BCUT2D eigenvalue weighted by Crippen LogP contribution is 2.41. The second-order valence-corrected chi connectivity index (χ2v) is 8.50. The zero-order valence-corrected chi connectivity index (χ0v) is 16.1. The van der Waals surface area contributed by atoms with E-state index in [1.807, 2.05) is 29.6 Å². The number of fused-ring (bicyclic) bond motifs is 2. The number of nitrogens with zero attached hydrogens (tertiary/aromatic N) is 4. The first-order chi connectivity index (χ1) is 12.5. The fourth-order valence-corrected chi connectivity index (χ4v) is 5.13. The molecule has 3 aromatic heterocycles. The lowest BCUT2D eigenvalue weighted by molar-refractivity contribution is 0.0681. The average molecular weight is 366 g/mol. The Morgan fingerprint density at radius 3 is 2.92 bits per heavy atom. The van der Waals surface area contributed by atoms with Gasteiger partial charge in [-0.2, -0.15) is 5.10 Å². The van der Waals surface area contributed by atoms with Crippen LogP contribution >= 0.6 is 11.3 Å². The smallest absolute Gasteiger partial charge is 0.255 e. The van der Waals surface area contributed by atoms with Crippen LogP contribution in [0.4, 0.5) is 0 Å². The average Bonchev–Trinajstić information content (AvgIpc) is 3.30. The lowest BCUT2D eigenvalue weighted by Gasteiger charge is -2.34. The van der Waals surface area contributed by atoms with Gasteiger partial charge in [-0.25, -0.2) is 4.98 Å². The van der Waals surface area contributed by atoms with Crippen LogP contribution in [0.1, 0.15) is 63.9 Å². The van der Waals surface area contributed by atoms with Gasteiger partial charge in [0, 0.05) is 30.1 Å². The second kappa shape index (κ2) is 5.64. The summed E-state index contributed by atoms with van der Waals surface area (Å²) in [5.41, 5.74) is 4.82. The third kappa shape index (κ3) is 2.31. The molecule has 1 atom stereocenters. The lowest BCUT2D eigenvalue weighted by Crippen LogP contribution is -2.38. The maximum atomic E-state index is 13.6. The Bertz CT molecular complexity index is 1030. The first-order valence-electron chi connectivity index (χ1n) is 9.26. The van der Waals surface area contributed by atoms with E-state index in [1.165, 1.54) is 23.3 Å². The van der Waals surface area contributed by atoms with Crippen LogP contribution in [0.15, 0.2) is 17.5 Å². The molecule has 134 valence electrons. The minimum atomic E-state index is 0.111. The Hall–Kier alpha value is -2.21. The lowest BCUT2D eigenvalue weighted by atomic mass is 9.99. The molecule has 1 aliphatic carbocycles. The molecule has 0 spiro atoms. The quantitative estimate of drug-likeness (QED) is 0.689. The Kier molecular flexibility index (Phi) is 3.47. The van der Waals surface area contributed by atoms with E-state index in [0.717, 1.165) is 41.0 Å². The highest BCUT2D eigenvalue weighted by atomic mass is 32.1. The van der Waals surface area contributed by atoms with Gasteiger partial charge >= 0.3 is 0 Å². The number of aromatic nitrogens is 3. The van der Waals surface area contributed by atoms with E-state index < -0.39 is 0 Å². The first kappa shape index (κ1) is 16.0. The largest absolute Gasteiger partial charge is 0.331 e. The number of pyridine rings is 1. The molecule has 4 heterocycles. The van der Waals surface area contributed by atoms with E-state index in [0.29, 0.717) is 5.92 Å². The molecule has 5 nitrogen and oxygen atoms in total. The van der Waals surface area contributed by atoms with Crippen LogP contribution in [0.25, 0.3) is 11.0 Å². The molecule has 6 heteroatoms. The van der Waals surface area contributed by atoms with Gasteiger partial charge in [-0.15, -0.1) is 11.3 Å². The van der Waals surface area contributed by atoms with Crippen molar-refractivity contribution in [3.8, 4) is 0 Å². The highest BCUT2D eigenvalue weighted by molar-refractivity contribution is 7.10. The molecular formula is C20H22N4OS. The monoisotopic (exact) mass is 366 g/mol. The third-order valence-corrected chi connectivity index (χ3v) is 6.75. The van der Waals surface area contributed by atoms with Gasteiger partial charge < -0.3 is 4.90 Å². The fourth-order valence-electron chi connectivity index (χ4n) is 4.16. The summed E-state index contributed by atoms with van der Waals surface area (Å²) in [6.45, 7) is 4.88. The van der Waals surface area contributed by atoms with Gasteiger partial charge in [0.15, 0.2) is 5.65 Å². The van der Waals surface area contributed by atoms with Gasteiger partial charge in [0.2, 0.25) is 0 Å². The minimum absolute atomic E-state index is 0.111. The SMILES string of the molecule is Cc1nn(C)c2nc(C3CC3)cc(C(=O)N3CCc4sccc4C3C)c12. The molecule has 1 aliphatic heterocycles. The van der Waals surface area contributed by atoms with Crippen LogP contribution in [0.3, 0.4) is 0 Å². The number of rotatable bonds is 2. The molecule has 1 saturated carbocycles. The van der Waals surface area contributed by atoms with Gasteiger partial charge in [-0.1, -0.05) is 0 Å². The number of carbonyl (C=O) groups is 1. The van der Waals surface area contributed by atoms with E-state index in [1.54, 1.807) is 11.3 Å². The van der Waals surface area contributed by atoms with E-state index in [-0.39, 0.29) is 11.9 Å². The maximum absolute atomic E-state index is 13.6. The molecule has 1 fully saturated rings. The topological polar surface area (TPSA) is 51.0 Å². The van der Waals surface area contributed by atoms with E-state index in [9.17, 15) is 4.79 Å². The summed E-state index contributed by atoms with van der Waals surface area (Å²) in [5, 5.41) is 7.57. The summed E-state index contributed by atoms with van der Waals surface area (Å²) in [4.78, 5) is 21.8. The maximum Gasteiger partial charge on any atom is 0.255 e. The molecule has 1 unspecified atom stereocenters. The molecular weight excluding hydrogens is 344 g/mol. The Morgan fingerprint density at radius 1 is 1.35 bits per heavy atom. The van der Waals surface area contributed by atoms with Crippen molar-refractivity contribution in [3.63, 3.8) is 0 Å². The van der Waals surface area contributed by atoms with Crippen LogP contribution in [0.2, 0.25) is 0 Å². The van der Waals surface area contributed by atoms with Crippen molar-refractivity contribution < 1.29 is 4.79 Å². The molecule has 1 amide bonds. The van der Waals surface area contributed by atoms with E-state index in [2.05, 4.69) is 23.5 Å². The van der Waals surface area contributed by atoms with E-state index >= 15 is 0 Å². The summed E-state index contributed by atoms with van der Waals surface area (Å²) < 4.78 is 1.81. The Balaban J connectivity index is 1.63. The van der Waals surface area contributed by atoms with Gasteiger partial charge in [-0.3, -0.25) is 9.48 Å². The van der Waals surface area contributed by atoms with Crippen molar-refractivity contribution in [1.82, 2.24) is 19.7 Å². The number of hydrogen-bond donors (Lipinski definition) is 0. The summed E-state index contributed by atoms with van der Waals surface area (Å²) in [6, 6.07) is 4.31. The summed E-state index contributed by atoms with van der Waals surface area (Å²) in [6.07, 6.45) is 3.28. The van der Waals surface area contributed by atoms with Crippen LogP contribution in [0.5, 0.6) is 0 Å². The van der Waals surface area contributed by atoms with Gasteiger partial charge in [0.05, 0.1) is 22.7 Å². The number of carbonyl (C=O) groups excluding carboxylic acids is 1. The van der Waals surface area contributed by atoms with E-state index in [4.69, 9.17) is 4.98 Å². The Morgan fingerprint density at radius 2 is 2.15 bits per heavy atom. The summed E-state index contributed by atoms with van der Waals surface area (Å²) in [5.74, 6) is 0.614. The van der Waals surface area contributed by atoms with Gasteiger partial charge in [0.25, 0.3) is 5.91 Å². The standard InChI is InChI=1S/C20H22N4OS/c1-11-18-15(10-16(13-4-5-13)21-19(18)23(3)22-11)20(25)24-8-6-17-14(12(24)2)7-9-26-17/h7,9-10,12-13H,4-6,8H2,1-3H3. The second-order valence-electron chi connectivity index (χ2n) is 7.50. The number of hydrogen-bond acceptors (Lipinski definition) is 4. The van der Waals surface area contributed by atoms with Crippen LogP contribution in [0, 0.1) is 6.92 Å². The van der Waals surface area contributed by atoms with Crippen molar-refractivity contribution in [2.75, 3.05) is 6.54 Å². The summed E-state index contributed by atoms with van der Waals surface area (Å²) >= 11 is 1.80. The molecule has 3 aromatic rings. The molecule has 0 N–H and O–H groups in total. The Labute approximate surface area is 156 Å². The van der Waals surface area contributed by atoms with Gasteiger partial charge in [-0.05, 0) is 56.2 Å². The number of thiophene rings is 1. The van der Waals surface area contributed by atoms with Crippen LogP contribution < -0.4 is 0 Å². The normalized spacial score (nSPS) is 19.8. The molecule has 2 aliphatic rings. The first-order valence-corrected chi connectivity index (χ1v) is 10.1. The van der Waals surface area contributed by atoms with Crippen molar-refractivity contribution in [3.05, 3.63) is 44.9 Å². The van der Waals surface area contributed by atoms with Crippen molar-refractivity contribution >= 4 is 28.3 Å². The number of aryl methyl sites for hydroxylation is 2. The molecule has 0 aromatic carbocycles. The zero-order chi connectivity index (χ0) is 18.0. The third-order valence-electron chi connectivity index (χ3n) is 5.75. The molecule has 5 rings (SSSR count). The minimum Gasteiger partial charge on any atom is -0.331 e. The highest BCUT2D eigenvalue weighted by Gasteiger charge is 2.33. The molecule has 0 radical (unpaired) electrons. The summed E-state index contributed by atoms with van der Waals surface area (Å²) in [7, 11) is 1.91. The van der Waals surface area contributed by atoms with Crippen molar-refractivity contribution in [1.29, 1.82) is 0 Å². The van der Waals surface area contributed by atoms with Gasteiger partial charge in [0.1, 0.15) is 0 Å². The van der Waals surface area contributed by atoms with Crippen LogP contribution in [-0.2, 0) is 13.5 Å². The predicted molar refractivity (Wildman–Crippen MR) is 103 cm³/mol. The van der Waals surface area contributed by atoms with Crippen LogP contribution in [-0.4, -0.2) is 32.1 Å².